The van der Waals surface area contributed by atoms with Crippen molar-refractivity contribution in [2.45, 2.75) is 32.2 Å². The van der Waals surface area contributed by atoms with Gasteiger partial charge in [0.05, 0.1) is 0 Å². The average molecular weight is 318 g/mol. The predicted octanol–water partition coefficient (Wildman–Crippen LogP) is 3.98. The standard InChI is InChI=1S/C13H20BrNOS/c1-10(12-7-11(14)8-17-12)15-9-13(3-4-13)5-6-16-2/h7-8,10,15H,3-6,9H2,1-2H3. The molecule has 1 aromatic heterocycles. The van der Waals surface area contributed by atoms with Crippen molar-refractivity contribution in [2.24, 2.45) is 5.41 Å². The Bertz CT molecular complexity index is 362. The second-order valence-corrected chi connectivity index (χ2v) is 6.87. The summed E-state index contributed by atoms with van der Waals surface area (Å²) in [5, 5.41) is 5.80. The second-order valence-electron chi connectivity index (χ2n) is 5.01. The van der Waals surface area contributed by atoms with Gasteiger partial charge in [0.1, 0.15) is 0 Å². The molecular formula is C13H20BrNOS. The van der Waals surface area contributed by atoms with Crippen molar-refractivity contribution in [3.8, 4) is 0 Å². The zero-order chi connectivity index (χ0) is 12.3. The molecule has 17 heavy (non-hydrogen) atoms. The quantitative estimate of drug-likeness (QED) is 0.821. The first-order chi connectivity index (χ1) is 8.15. The molecule has 1 atom stereocenters. The van der Waals surface area contributed by atoms with E-state index in [0.717, 1.165) is 13.2 Å². The molecule has 4 heteroatoms. The van der Waals surface area contributed by atoms with E-state index < -0.39 is 0 Å². The van der Waals surface area contributed by atoms with E-state index in [9.17, 15) is 0 Å². The highest BCUT2D eigenvalue weighted by Crippen LogP contribution is 2.48. The van der Waals surface area contributed by atoms with Gasteiger partial charge in [-0.05, 0) is 53.6 Å². The number of nitrogens with one attached hydrogen (secondary N) is 1. The van der Waals surface area contributed by atoms with E-state index in [1.807, 2.05) is 11.3 Å². The molecule has 1 saturated carbocycles. The second kappa shape index (κ2) is 5.83. The first-order valence-electron chi connectivity index (χ1n) is 6.11. The Morgan fingerprint density at radius 1 is 1.59 bits per heavy atom. The van der Waals surface area contributed by atoms with Crippen LogP contribution in [0.3, 0.4) is 0 Å². The molecule has 0 aliphatic heterocycles. The van der Waals surface area contributed by atoms with Crippen LogP contribution in [-0.2, 0) is 4.74 Å². The molecule has 0 saturated heterocycles. The van der Waals surface area contributed by atoms with Crippen LogP contribution in [0.5, 0.6) is 0 Å². The molecule has 1 aliphatic carbocycles. The topological polar surface area (TPSA) is 21.3 Å². The number of hydrogen-bond acceptors (Lipinski definition) is 3. The van der Waals surface area contributed by atoms with Crippen LogP contribution in [-0.4, -0.2) is 20.3 Å². The van der Waals surface area contributed by atoms with Crippen molar-refractivity contribution in [3.63, 3.8) is 0 Å². The Labute approximate surface area is 116 Å². The molecule has 1 heterocycles. The largest absolute Gasteiger partial charge is 0.385 e. The summed E-state index contributed by atoms with van der Waals surface area (Å²) in [6, 6.07) is 2.66. The summed E-state index contributed by atoms with van der Waals surface area (Å²) < 4.78 is 6.37. The van der Waals surface area contributed by atoms with Gasteiger partial charge in [-0.3, -0.25) is 0 Å². The van der Waals surface area contributed by atoms with E-state index in [2.05, 4.69) is 39.6 Å². The molecule has 1 unspecified atom stereocenters. The Balaban J connectivity index is 1.78. The van der Waals surface area contributed by atoms with Gasteiger partial charge >= 0.3 is 0 Å². The number of ether oxygens (including phenoxy) is 1. The molecule has 0 bridgehead atoms. The van der Waals surface area contributed by atoms with Crippen LogP contribution < -0.4 is 5.32 Å². The Hall–Kier alpha value is 0.1000. The van der Waals surface area contributed by atoms with Crippen LogP contribution in [0.1, 0.15) is 37.1 Å². The molecule has 2 nitrogen and oxygen atoms in total. The highest BCUT2D eigenvalue weighted by molar-refractivity contribution is 9.10. The van der Waals surface area contributed by atoms with Gasteiger partial charge in [0.25, 0.3) is 0 Å². The van der Waals surface area contributed by atoms with Crippen molar-refractivity contribution in [1.29, 1.82) is 0 Å². The number of halogens is 1. The highest BCUT2D eigenvalue weighted by Gasteiger charge is 2.41. The van der Waals surface area contributed by atoms with Crippen molar-refractivity contribution in [1.82, 2.24) is 5.32 Å². The maximum Gasteiger partial charge on any atom is 0.0468 e. The van der Waals surface area contributed by atoms with Gasteiger partial charge in [-0.15, -0.1) is 11.3 Å². The van der Waals surface area contributed by atoms with Gasteiger partial charge in [-0.1, -0.05) is 0 Å². The van der Waals surface area contributed by atoms with E-state index in [0.29, 0.717) is 11.5 Å². The fourth-order valence-corrected chi connectivity index (χ4v) is 3.51. The Morgan fingerprint density at radius 2 is 2.35 bits per heavy atom. The molecule has 1 fully saturated rings. The highest BCUT2D eigenvalue weighted by atomic mass is 79.9. The lowest BCUT2D eigenvalue weighted by atomic mass is 10.0. The summed E-state index contributed by atoms with van der Waals surface area (Å²) in [4.78, 5) is 1.40. The molecule has 0 amide bonds. The predicted molar refractivity (Wildman–Crippen MR) is 76.6 cm³/mol. The number of rotatable bonds is 7. The van der Waals surface area contributed by atoms with Gasteiger partial charge in [0.15, 0.2) is 0 Å². The van der Waals surface area contributed by atoms with Crippen molar-refractivity contribution in [3.05, 3.63) is 20.8 Å². The van der Waals surface area contributed by atoms with Crippen LogP contribution in [0.4, 0.5) is 0 Å². The molecular weight excluding hydrogens is 298 g/mol. The summed E-state index contributed by atoms with van der Waals surface area (Å²) in [6.07, 6.45) is 3.89. The summed E-state index contributed by atoms with van der Waals surface area (Å²) in [6.45, 7) is 4.25. The Morgan fingerprint density at radius 3 is 2.88 bits per heavy atom. The van der Waals surface area contributed by atoms with Gasteiger partial charge < -0.3 is 10.1 Å². The fraction of sp³-hybridized carbons (Fsp3) is 0.692. The third kappa shape index (κ3) is 3.78. The lowest BCUT2D eigenvalue weighted by Crippen LogP contribution is -2.27. The molecule has 1 aliphatic rings. The van der Waals surface area contributed by atoms with Crippen LogP contribution in [0.2, 0.25) is 0 Å². The van der Waals surface area contributed by atoms with Gasteiger partial charge in [0.2, 0.25) is 0 Å². The fourth-order valence-electron chi connectivity index (χ4n) is 2.04. The van der Waals surface area contributed by atoms with E-state index in [-0.39, 0.29) is 0 Å². The summed E-state index contributed by atoms with van der Waals surface area (Å²) >= 11 is 5.32. The van der Waals surface area contributed by atoms with E-state index >= 15 is 0 Å². The maximum atomic E-state index is 5.18. The lowest BCUT2D eigenvalue weighted by molar-refractivity contribution is 0.170. The Kier molecular flexibility index (Phi) is 4.64. The van der Waals surface area contributed by atoms with Gasteiger partial charge in [-0.25, -0.2) is 0 Å². The molecule has 2 rings (SSSR count). The van der Waals surface area contributed by atoms with Gasteiger partial charge in [0, 0.05) is 41.0 Å². The minimum atomic E-state index is 0.450. The van der Waals surface area contributed by atoms with Gasteiger partial charge in [-0.2, -0.15) is 0 Å². The van der Waals surface area contributed by atoms with E-state index in [1.165, 1.54) is 28.6 Å². The summed E-state index contributed by atoms with van der Waals surface area (Å²) in [5.41, 5.74) is 0.527. The van der Waals surface area contributed by atoms with Crippen molar-refractivity contribution in [2.75, 3.05) is 20.3 Å². The molecule has 0 aromatic carbocycles. The summed E-state index contributed by atoms with van der Waals surface area (Å²) in [5.74, 6) is 0. The molecule has 96 valence electrons. The van der Waals surface area contributed by atoms with E-state index in [4.69, 9.17) is 4.74 Å². The third-order valence-electron chi connectivity index (χ3n) is 3.59. The lowest BCUT2D eigenvalue weighted by Gasteiger charge is -2.19. The number of hydrogen-bond donors (Lipinski definition) is 1. The molecule has 1 N–H and O–H groups in total. The summed E-state index contributed by atoms with van der Waals surface area (Å²) in [7, 11) is 1.79. The van der Waals surface area contributed by atoms with Crippen LogP contribution in [0, 0.1) is 5.41 Å². The van der Waals surface area contributed by atoms with Crippen LogP contribution in [0.15, 0.2) is 15.9 Å². The molecule has 0 spiro atoms. The van der Waals surface area contributed by atoms with Crippen molar-refractivity contribution >= 4 is 27.3 Å². The molecule has 1 aromatic rings. The SMILES string of the molecule is COCCC1(CNC(C)c2cc(Br)cs2)CC1. The maximum absolute atomic E-state index is 5.18. The van der Waals surface area contributed by atoms with Crippen LogP contribution >= 0.6 is 27.3 Å². The average Bonchev–Trinajstić information content (AvgIpc) is 2.97. The monoisotopic (exact) mass is 317 g/mol. The first-order valence-corrected chi connectivity index (χ1v) is 7.79. The van der Waals surface area contributed by atoms with Crippen molar-refractivity contribution < 1.29 is 4.74 Å². The zero-order valence-electron chi connectivity index (χ0n) is 10.5. The first kappa shape index (κ1) is 13.5. The molecule has 0 radical (unpaired) electrons. The normalized spacial score (nSPS) is 19.2. The van der Waals surface area contributed by atoms with E-state index in [1.54, 1.807) is 7.11 Å². The van der Waals surface area contributed by atoms with Crippen LogP contribution in [0.25, 0.3) is 0 Å². The third-order valence-corrected chi connectivity index (χ3v) is 5.47. The zero-order valence-corrected chi connectivity index (χ0v) is 12.9. The minimum Gasteiger partial charge on any atom is -0.385 e. The smallest absolute Gasteiger partial charge is 0.0468 e. The minimum absolute atomic E-state index is 0.450. The number of methoxy groups -OCH3 is 1. The number of thiophene rings is 1.